The topological polar surface area (TPSA) is 69.4 Å². The number of thiophene rings is 1. The molecule has 11 rings (SSSR count). The lowest BCUT2D eigenvalue weighted by molar-refractivity contribution is 1.06. The van der Waals surface area contributed by atoms with Crippen molar-refractivity contribution in [3.63, 3.8) is 0 Å². The molecular formula is C49H30N6S. The third kappa shape index (κ3) is 5.44. The van der Waals surface area contributed by atoms with E-state index in [1.54, 1.807) is 11.3 Å². The highest BCUT2D eigenvalue weighted by Gasteiger charge is 2.22. The Morgan fingerprint density at radius 3 is 1.62 bits per heavy atom. The largest absolute Gasteiger partial charge is 0.309 e. The summed E-state index contributed by atoms with van der Waals surface area (Å²) in [5, 5.41) is 3.44. The molecule has 11 aromatic rings. The van der Waals surface area contributed by atoms with Crippen LogP contribution < -0.4 is 0 Å². The Kier molecular flexibility index (Phi) is 7.57. The Bertz CT molecular complexity index is 3230. The molecular weight excluding hydrogens is 705 g/mol. The number of hydrogen-bond acceptors (Lipinski definition) is 6. The van der Waals surface area contributed by atoms with Crippen molar-refractivity contribution in [1.82, 2.24) is 29.5 Å². The van der Waals surface area contributed by atoms with Crippen LogP contribution in [0.2, 0.25) is 0 Å². The second-order valence-electron chi connectivity index (χ2n) is 13.7. The lowest BCUT2D eigenvalue weighted by atomic mass is 10.0. The van der Waals surface area contributed by atoms with Gasteiger partial charge in [-0.2, -0.15) is 0 Å². The van der Waals surface area contributed by atoms with Crippen molar-refractivity contribution >= 4 is 53.4 Å². The Hall–Kier alpha value is -7.35. The number of nitrogens with zero attached hydrogens (tertiary/aromatic N) is 6. The maximum absolute atomic E-state index is 5.36. The van der Waals surface area contributed by atoms with E-state index in [4.69, 9.17) is 24.9 Å². The predicted octanol–water partition coefficient (Wildman–Crippen LogP) is 12.5. The molecule has 4 heterocycles. The van der Waals surface area contributed by atoms with E-state index >= 15 is 0 Å². The zero-order valence-corrected chi connectivity index (χ0v) is 30.7. The smallest absolute Gasteiger partial charge is 0.184 e. The minimum Gasteiger partial charge on any atom is -0.309 e. The average Bonchev–Trinajstić information content (AvgIpc) is 3.82. The normalized spacial score (nSPS) is 11.6. The summed E-state index contributed by atoms with van der Waals surface area (Å²) in [6.07, 6.45) is 0. The molecule has 0 aliphatic rings. The quantitative estimate of drug-likeness (QED) is 0.170. The molecule has 7 heteroatoms. The fourth-order valence-electron chi connectivity index (χ4n) is 7.61. The molecule has 0 aliphatic carbocycles. The van der Waals surface area contributed by atoms with Crippen LogP contribution in [0, 0.1) is 0 Å². The molecule has 0 bridgehead atoms. The Balaban J connectivity index is 1.14. The van der Waals surface area contributed by atoms with Gasteiger partial charge in [0.25, 0.3) is 0 Å². The van der Waals surface area contributed by atoms with E-state index in [2.05, 4.69) is 144 Å². The van der Waals surface area contributed by atoms with Gasteiger partial charge in [-0.25, -0.2) is 24.9 Å². The van der Waals surface area contributed by atoms with Crippen LogP contribution >= 0.6 is 11.3 Å². The molecule has 56 heavy (non-hydrogen) atoms. The molecule has 0 aliphatic heterocycles. The van der Waals surface area contributed by atoms with Crippen LogP contribution in [0.25, 0.3) is 105 Å². The standard InChI is InChI=1S/C49H30N6S/c1-4-14-31(15-5-1)32-24-26-34(27-25-32)47-52-46(33-16-6-2-7-17-33)53-49(54-47)44-45-43(39-21-11-13-23-42(39)56-45)50-48(51-44)35-28-29-38-37-20-10-12-22-40(37)55(41(38)30-35)36-18-8-3-9-19-36/h1-30H. The number of rotatable bonds is 6. The lowest BCUT2D eigenvalue weighted by Gasteiger charge is -2.11. The van der Waals surface area contributed by atoms with Gasteiger partial charge in [0, 0.05) is 43.2 Å². The van der Waals surface area contributed by atoms with E-state index in [-0.39, 0.29) is 0 Å². The lowest BCUT2D eigenvalue weighted by Crippen LogP contribution is -2.03. The van der Waals surface area contributed by atoms with Crippen LogP contribution in [0.1, 0.15) is 0 Å². The zero-order valence-electron chi connectivity index (χ0n) is 29.9. The molecule has 0 saturated carbocycles. The van der Waals surface area contributed by atoms with Crippen molar-refractivity contribution in [2.24, 2.45) is 0 Å². The maximum atomic E-state index is 5.36. The van der Waals surface area contributed by atoms with Gasteiger partial charge in [0.05, 0.1) is 21.3 Å². The molecule has 0 unspecified atom stereocenters. The summed E-state index contributed by atoms with van der Waals surface area (Å²) in [5.74, 6) is 2.27. The molecule has 0 N–H and O–H groups in total. The molecule has 0 fully saturated rings. The van der Waals surface area contributed by atoms with E-state index in [1.165, 1.54) is 10.8 Å². The first-order chi connectivity index (χ1) is 27.7. The fourth-order valence-corrected chi connectivity index (χ4v) is 8.73. The summed E-state index contributed by atoms with van der Waals surface area (Å²) in [5.41, 5.74) is 9.88. The Labute approximate surface area is 326 Å². The molecule has 0 spiro atoms. The van der Waals surface area contributed by atoms with Crippen molar-refractivity contribution in [3.05, 3.63) is 182 Å². The minimum absolute atomic E-state index is 0.501. The second kappa shape index (κ2) is 13.2. The van der Waals surface area contributed by atoms with Gasteiger partial charge < -0.3 is 4.57 Å². The Morgan fingerprint density at radius 1 is 0.357 bits per heavy atom. The van der Waals surface area contributed by atoms with Crippen LogP contribution in [0.5, 0.6) is 0 Å². The first kappa shape index (κ1) is 32.1. The highest BCUT2D eigenvalue weighted by atomic mass is 32.1. The average molecular weight is 735 g/mol. The van der Waals surface area contributed by atoms with Gasteiger partial charge in [0.1, 0.15) is 5.69 Å². The van der Waals surface area contributed by atoms with Gasteiger partial charge in [-0.1, -0.05) is 152 Å². The molecule has 0 atom stereocenters. The molecule has 6 nitrogen and oxygen atoms in total. The zero-order chi connectivity index (χ0) is 37.0. The molecule has 262 valence electrons. The summed E-state index contributed by atoms with van der Waals surface area (Å²) in [6, 6.07) is 62.8. The van der Waals surface area contributed by atoms with Crippen molar-refractivity contribution in [3.8, 4) is 62.5 Å². The van der Waals surface area contributed by atoms with Crippen LogP contribution in [-0.4, -0.2) is 29.5 Å². The van der Waals surface area contributed by atoms with Gasteiger partial charge in [0.15, 0.2) is 23.3 Å². The summed E-state index contributed by atoms with van der Waals surface area (Å²) in [6.45, 7) is 0. The molecule has 0 amide bonds. The van der Waals surface area contributed by atoms with Crippen LogP contribution in [0.15, 0.2) is 182 Å². The third-order valence-corrected chi connectivity index (χ3v) is 11.5. The maximum Gasteiger partial charge on any atom is 0.184 e. The molecule has 0 saturated heterocycles. The number of hydrogen-bond donors (Lipinski definition) is 0. The van der Waals surface area contributed by atoms with E-state index < -0.39 is 0 Å². The fraction of sp³-hybridized carbons (Fsp3) is 0. The molecule has 7 aromatic carbocycles. The number of para-hydroxylation sites is 2. The van der Waals surface area contributed by atoms with Crippen LogP contribution in [0.3, 0.4) is 0 Å². The van der Waals surface area contributed by atoms with Crippen LogP contribution in [0.4, 0.5) is 0 Å². The first-order valence-electron chi connectivity index (χ1n) is 18.5. The van der Waals surface area contributed by atoms with Crippen LogP contribution in [-0.2, 0) is 0 Å². The summed E-state index contributed by atoms with van der Waals surface area (Å²) >= 11 is 1.67. The van der Waals surface area contributed by atoms with E-state index in [9.17, 15) is 0 Å². The third-order valence-electron chi connectivity index (χ3n) is 10.3. The van der Waals surface area contributed by atoms with Crippen molar-refractivity contribution in [1.29, 1.82) is 0 Å². The van der Waals surface area contributed by atoms with E-state index in [0.29, 0.717) is 29.0 Å². The number of aromatic nitrogens is 6. The van der Waals surface area contributed by atoms with Crippen molar-refractivity contribution in [2.75, 3.05) is 0 Å². The molecule has 4 aromatic heterocycles. The summed E-state index contributed by atoms with van der Waals surface area (Å²) in [7, 11) is 0. The highest BCUT2D eigenvalue weighted by molar-refractivity contribution is 7.26. The first-order valence-corrected chi connectivity index (χ1v) is 19.3. The summed E-state index contributed by atoms with van der Waals surface area (Å²) < 4.78 is 4.38. The molecule has 0 radical (unpaired) electrons. The monoisotopic (exact) mass is 734 g/mol. The highest BCUT2D eigenvalue weighted by Crippen LogP contribution is 2.40. The van der Waals surface area contributed by atoms with Crippen molar-refractivity contribution in [2.45, 2.75) is 0 Å². The second-order valence-corrected chi connectivity index (χ2v) is 14.8. The van der Waals surface area contributed by atoms with Gasteiger partial charge in [-0.05, 0) is 41.5 Å². The SMILES string of the molecule is c1ccc(-c2ccc(-c3nc(-c4ccccc4)nc(-c4nc(-c5ccc6c7ccccc7n(-c7ccccc7)c6c5)nc5c4sc4ccccc45)n3)cc2)cc1. The van der Waals surface area contributed by atoms with E-state index in [1.807, 2.05) is 42.5 Å². The summed E-state index contributed by atoms with van der Waals surface area (Å²) in [4.78, 5) is 26.0. The van der Waals surface area contributed by atoms with Crippen molar-refractivity contribution < 1.29 is 0 Å². The van der Waals surface area contributed by atoms with Gasteiger partial charge >= 0.3 is 0 Å². The van der Waals surface area contributed by atoms with Gasteiger partial charge in [0.2, 0.25) is 0 Å². The number of fused-ring (bicyclic) bond motifs is 6. The minimum atomic E-state index is 0.501. The van der Waals surface area contributed by atoms with Gasteiger partial charge in [-0.15, -0.1) is 11.3 Å². The Morgan fingerprint density at radius 2 is 0.875 bits per heavy atom. The van der Waals surface area contributed by atoms with Gasteiger partial charge in [-0.3, -0.25) is 0 Å². The van der Waals surface area contributed by atoms with E-state index in [0.717, 1.165) is 64.8 Å². The predicted molar refractivity (Wildman–Crippen MR) is 230 cm³/mol. The number of benzene rings is 7.